The zero-order chi connectivity index (χ0) is 20.2. The number of carbonyl (C=O) groups is 1. The van der Waals surface area contributed by atoms with Crippen LogP contribution in [0.4, 0.5) is 0 Å². The summed E-state index contributed by atoms with van der Waals surface area (Å²) in [6, 6.07) is 7.31. The first kappa shape index (κ1) is 23.1. The Labute approximate surface area is 174 Å². The molecule has 0 bridgehead atoms. The van der Waals surface area contributed by atoms with Gasteiger partial charge < -0.3 is 19.7 Å². The van der Waals surface area contributed by atoms with Crippen LogP contribution in [-0.4, -0.2) is 56.0 Å². The van der Waals surface area contributed by atoms with Gasteiger partial charge in [0.25, 0.3) is 5.91 Å². The van der Waals surface area contributed by atoms with E-state index >= 15 is 0 Å². The summed E-state index contributed by atoms with van der Waals surface area (Å²) in [5.41, 5.74) is 0.671. The van der Waals surface area contributed by atoms with Crippen molar-refractivity contribution < 1.29 is 14.3 Å². The third-order valence-corrected chi connectivity index (χ3v) is 5.40. The Morgan fingerprint density at radius 3 is 2.36 bits per heavy atom. The van der Waals surface area contributed by atoms with Crippen LogP contribution >= 0.6 is 11.6 Å². The van der Waals surface area contributed by atoms with E-state index in [4.69, 9.17) is 21.1 Å². The maximum Gasteiger partial charge on any atom is 0.251 e. The molecule has 0 atom stereocenters. The molecule has 1 amide bonds. The highest BCUT2D eigenvalue weighted by Crippen LogP contribution is 2.15. The molecule has 1 N–H and O–H groups in total. The van der Waals surface area contributed by atoms with E-state index in [1.807, 2.05) is 13.8 Å². The van der Waals surface area contributed by atoms with E-state index in [0.29, 0.717) is 23.8 Å². The van der Waals surface area contributed by atoms with Gasteiger partial charge >= 0.3 is 0 Å². The maximum atomic E-state index is 12.3. The Morgan fingerprint density at radius 1 is 1.11 bits per heavy atom. The van der Waals surface area contributed by atoms with E-state index in [1.165, 1.54) is 12.8 Å². The van der Waals surface area contributed by atoms with Crippen molar-refractivity contribution in [1.29, 1.82) is 0 Å². The van der Waals surface area contributed by atoms with Crippen LogP contribution in [0.15, 0.2) is 24.3 Å². The number of halogens is 1. The molecule has 0 unspecified atom stereocenters. The molecule has 0 radical (unpaired) electrons. The van der Waals surface area contributed by atoms with Crippen molar-refractivity contribution in [2.75, 3.05) is 32.8 Å². The Balaban J connectivity index is 1.57. The molecule has 0 aliphatic carbocycles. The molecule has 1 heterocycles. The fraction of sp³-hybridized carbons (Fsp3) is 0.682. The molecule has 5 nitrogen and oxygen atoms in total. The van der Waals surface area contributed by atoms with Gasteiger partial charge in [-0.3, -0.25) is 4.79 Å². The van der Waals surface area contributed by atoms with Crippen LogP contribution in [0.1, 0.15) is 62.7 Å². The van der Waals surface area contributed by atoms with E-state index in [9.17, 15) is 4.79 Å². The summed E-state index contributed by atoms with van der Waals surface area (Å²) in [4.78, 5) is 14.8. The van der Waals surface area contributed by atoms with Gasteiger partial charge in [-0.25, -0.2) is 0 Å². The van der Waals surface area contributed by atoms with Crippen LogP contribution < -0.4 is 5.32 Å². The number of rotatable bonds is 12. The maximum absolute atomic E-state index is 12.3. The summed E-state index contributed by atoms with van der Waals surface area (Å²) >= 11 is 5.88. The van der Waals surface area contributed by atoms with Gasteiger partial charge in [-0.1, -0.05) is 18.0 Å². The summed E-state index contributed by atoms with van der Waals surface area (Å²) in [5.74, 6) is -0.00623. The van der Waals surface area contributed by atoms with Crippen LogP contribution in [-0.2, 0) is 9.47 Å². The van der Waals surface area contributed by atoms with Crippen LogP contribution in [0.25, 0.3) is 0 Å². The summed E-state index contributed by atoms with van der Waals surface area (Å²) in [6.45, 7) is 8.65. The molecule has 1 fully saturated rings. The topological polar surface area (TPSA) is 50.8 Å². The second-order valence-electron chi connectivity index (χ2n) is 7.29. The van der Waals surface area contributed by atoms with Crippen molar-refractivity contribution in [2.45, 2.75) is 64.7 Å². The Bertz CT molecular complexity index is 553. The van der Waals surface area contributed by atoms with E-state index in [0.717, 1.165) is 45.3 Å². The van der Waals surface area contributed by atoms with E-state index < -0.39 is 0 Å². The predicted molar refractivity (Wildman–Crippen MR) is 114 cm³/mol. The number of benzene rings is 1. The van der Waals surface area contributed by atoms with Crippen LogP contribution in [0.2, 0.25) is 5.02 Å². The first-order chi connectivity index (χ1) is 13.6. The fourth-order valence-corrected chi connectivity index (χ4v) is 3.71. The van der Waals surface area contributed by atoms with Crippen molar-refractivity contribution in [1.82, 2.24) is 10.2 Å². The molecule has 1 aliphatic rings. The van der Waals surface area contributed by atoms with E-state index in [1.54, 1.807) is 24.3 Å². The first-order valence-electron chi connectivity index (χ1n) is 10.6. The number of likely N-dealkylation sites (tertiary alicyclic amines) is 1. The number of ether oxygens (including phenoxy) is 2. The number of carbonyl (C=O) groups excluding carboxylic acids is 1. The summed E-state index contributed by atoms with van der Waals surface area (Å²) in [5, 5.41) is 3.80. The lowest BCUT2D eigenvalue weighted by molar-refractivity contribution is -0.140. The van der Waals surface area contributed by atoms with Crippen LogP contribution in [0, 0.1) is 0 Å². The van der Waals surface area contributed by atoms with Gasteiger partial charge in [-0.2, -0.15) is 0 Å². The molecule has 2 rings (SSSR count). The minimum Gasteiger partial charge on any atom is -0.353 e. The van der Waals surface area contributed by atoms with Gasteiger partial charge in [0.15, 0.2) is 6.29 Å². The quantitative estimate of drug-likeness (QED) is 0.407. The van der Waals surface area contributed by atoms with Gasteiger partial charge in [-0.05, 0) is 76.8 Å². The predicted octanol–water partition coefficient (Wildman–Crippen LogP) is 4.49. The van der Waals surface area contributed by atoms with E-state index in [-0.39, 0.29) is 18.2 Å². The number of piperidine rings is 1. The minimum atomic E-state index is -0.0463. The molecule has 0 spiro atoms. The third-order valence-electron chi connectivity index (χ3n) is 5.15. The molecule has 0 aromatic heterocycles. The zero-order valence-corrected chi connectivity index (χ0v) is 18.0. The number of nitrogens with one attached hydrogen (secondary N) is 1. The molecule has 1 aromatic carbocycles. The van der Waals surface area contributed by atoms with Gasteiger partial charge in [0.2, 0.25) is 0 Å². The lowest BCUT2D eigenvalue weighted by Crippen LogP contribution is -2.44. The Morgan fingerprint density at radius 2 is 1.75 bits per heavy atom. The number of amides is 1. The third kappa shape index (κ3) is 8.48. The van der Waals surface area contributed by atoms with Gasteiger partial charge in [0, 0.05) is 42.9 Å². The molecule has 1 aliphatic heterocycles. The Hall–Kier alpha value is -1.14. The second kappa shape index (κ2) is 13.2. The molecule has 0 saturated carbocycles. The molecule has 158 valence electrons. The van der Waals surface area contributed by atoms with Crippen LogP contribution in [0.3, 0.4) is 0 Å². The highest BCUT2D eigenvalue weighted by molar-refractivity contribution is 6.30. The second-order valence-corrected chi connectivity index (χ2v) is 7.72. The normalized spacial score (nSPS) is 15.9. The van der Waals surface area contributed by atoms with E-state index in [2.05, 4.69) is 10.2 Å². The molecular formula is C22H35ClN2O3. The summed E-state index contributed by atoms with van der Waals surface area (Å²) in [7, 11) is 0. The van der Waals surface area contributed by atoms with Crippen molar-refractivity contribution >= 4 is 17.5 Å². The molecular weight excluding hydrogens is 376 g/mol. The monoisotopic (exact) mass is 410 g/mol. The molecule has 28 heavy (non-hydrogen) atoms. The van der Waals surface area contributed by atoms with Gasteiger partial charge in [0.1, 0.15) is 0 Å². The van der Waals surface area contributed by atoms with Crippen molar-refractivity contribution in [3.05, 3.63) is 34.9 Å². The van der Waals surface area contributed by atoms with Gasteiger partial charge in [-0.15, -0.1) is 0 Å². The highest BCUT2D eigenvalue weighted by atomic mass is 35.5. The fourth-order valence-electron chi connectivity index (χ4n) is 3.58. The average molecular weight is 411 g/mol. The highest BCUT2D eigenvalue weighted by Gasteiger charge is 2.20. The standard InChI is InChI=1S/C22H35ClN2O3/c1-3-27-21(28-4-2)8-6-5-7-15-25-16-13-20(14-17-25)24-22(26)18-9-11-19(23)12-10-18/h9-12,20-21H,3-8,13-17H2,1-2H3,(H,24,26). The van der Waals surface area contributed by atoms with Gasteiger partial charge in [0.05, 0.1) is 0 Å². The number of hydrogen-bond donors (Lipinski definition) is 1. The molecule has 1 aromatic rings. The Kier molecular flexibility index (Phi) is 10.9. The number of hydrogen-bond acceptors (Lipinski definition) is 4. The lowest BCUT2D eigenvalue weighted by atomic mass is 10.0. The SMILES string of the molecule is CCOC(CCCCCN1CCC(NC(=O)c2ccc(Cl)cc2)CC1)OCC. The van der Waals surface area contributed by atoms with Crippen molar-refractivity contribution in [3.63, 3.8) is 0 Å². The first-order valence-corrected chi connectivity index (χ1v) is 11.0. The lowest BCUT2D eigenvalue weighted by Gasteiger charge is -2.32. The average Bonchev–Trinajstić information content (AvgIpc) is 2.69. The summed E-state index contributed by atoms with van der Waals surface area (Å²) < 4.78 is 11.2. The van der Waals surface area contributed by atoms with Crippen LogP contribution in [0.5, 0.6) is 0 Å². The smallest absolute Gasteiger partial charge is 0.251 e. The zero-order valence-electron chi connectivity index (χ0n) is 17.3. The largest absolute Gasteiger partial charge is 0.353 e. The minimum absolute atomic E-state index is 0.00623. The number of unbranched alkanes of at least 4 members (excludes halogenated alkanes) is 2. The van der Waals surface area contributed by atoms with Crippen molar-refractivity contribution in [2.24, 2.45) is 0 Å². The molecule has 1 saturated heterocycles. The summed E-state index contributed by atoms with van der Waals surface area (Å²) in [6.07, 6.45) is 6.48. The van der Waals surface area contributed by atoms with Crippen molar-refractivity contribution in [3.8, 4) is 0 Å². The molecule has 6 heteroatoms. The number of nitrogens with zero attached hydrogens (tertiary/aromatic N) is 1.